The van der Waals surface area contributed by atoms with Gasteiger partial charge in [-0.15, -0.1) is 0 Å². The second-order valence-corrected chi connectivity index (χ2v) is 10.7. The fraction of sp³-hybridized carbons (Fsp3) is 0.704. The maximum absolute atomic E-state index is 13.0. The van der Waals surface area contributed by atoms with Crippen molar-refractivity contribution >= 4 is 11.9 Å². The lowest BCUT2D eigenvalue weighted by molar-refractivity contribution is -0.880. The van der Waals surface area contributed by atoms with Crippen molar-refractivity contribution in [2.24, 2.45) is 0 Å². The van der Waals surface area contributed by atoms with E-state index >= 15 is 0 Å². The summed E-state index contributed by atoms with van der Waals surface area (Å²) in [4.78, 5) is 28.1. The lowest BCUT2D eigenvalue weighted by Gasteiger charge is -2.58. The van der Waals surface area contributed by atoms with Crippen molar-refractivity contribution in [2.45, 2.75) is 88.3 Å². The number of hydrogen-bond acceptors (Lipinski definition) is 3. The van der Waals surface area contributed by atoms with Crippen LogP contribution in [0, 0.1) is 0 Å². The zero-order valence-corrected chi connectivity index (χ0v) is 20.7. The zero-order chi connectivity index (χ0) is 23.5. The number of rotatable bonds is 5. The number of ether oxygens (including phenoxy) is 1. The molecule has 182 valence electrons. The molecule has 3 fully saturated rings. The molecule has 6 heteroatoms. The number of benzene rings is 1. The first-order chi connectivity index (χ1) is 15.9. The molecule has 4 rings (SSSR count). The van der Waals surface area contributed by atoms with E-state index in [4.69, 9.17) is 4.74 Å². The largest absolute Gasteiger partial charge is 0.376 e. The molecule has 2 unspecified atom stereocenters. The Kier molecular flexibility index (Phi) is 7.44. The Morgan fingerprint density at radius 2 is 1.82 bits per heavy atom. The third-order valence-corrected chi connectivity index (χ3v) is 8.77. The van der Waals surface area contributed by atoms with E-state index in [0.29, 0.717) is 30.0 Å². The first-order valence-corrected chi connectivity index (χ1v) is 13.0. The summed E-state index contributed by atoms with van der Waals surface area (Å²) in [5, 5.41) is 3.01. The predicted molar refractivity (Wildman–Crippen MR) is 130 cm³/mol. The number of carbonyl (C=O) groups excluding carboxylic acids is 2. The van der Waals surface area contributed by atoms with Crippen molar-refractivity contribution in [3.8, 4) is 0 Å². The molecular formula is C27H42N3O3+. The molecule has 1 aliphatic carbocycles. The van der Waals surface area contributed by atoms with E-state index in [1.165, 1.54) is 5.56 Å². The van der Waals surface area contributed by atoms with Gasteiger partial charge in [0.2, 0.25) is 0 Å². The summed E-state index contributed by atoms with van der Waals surface area (Å²) in [7, 11) is 4.11. The Hall–Kier alpha value is -1.92. The highest BCUT2D eigenvalue weighted by atomic mass is 16.5. The van der Waals surface area contributed by atoms with Crippen molar-refractivity contribution in [1.82, 2.24) is 10.2 Å². The highest BCUT2D eigenvalue weighted by Gasteiger charge is 2.60. The van der Waals surface area contributed by atoms with E-state index in [1.807, 2.05) is 11.8 Å². The number of nitrogens with zero attached hydrogens (tertiary/aromatic N) is 2. The average Bonchev–Trinajstić information content (AvgIpc) is 2.83. The van der Waals surface area contributed by atoms with Gasteiger partial charge in [0.1, 0.15) is 11.6 Å². The fourth-order valence-electron chi connectivity index (χ4n) is 6.72. The maximum atomic E-state index is 13.0. The minimum Gasteiger partial charge on any atom is -0.376 e. The monoisotopic (exact) mass is 456 g/mol. The number of hydrogen-bond donors (Lipinski definition) is 1. The summed E-state index contributed by atoms with van der Waals surface area (Å²) in [5.41, 5.74) is 1.17. The Labute approximate surface area is 199 Å². The standard InChI is InChI=1S/C27H41N3O3/c1-4-28-26(32)29-19-9-18-27(17-8-12-25(31)30(27,2)3)24(29)20-33-23-15-13-22(14-16-23)21-10-6-5-7-11-21/h5-7,10-11,22-24H,4,8-9,12-20H2,1-3H3/p+1. The smallest absolute Gasteiger partial charge is 0.317 e. The van der Waals surface area contributed by atoms with Gasteiger partial charge in [-0.3, -0.25) is 4.48 Å². The second kappa shape index (κ2) is 10.1. The molecule has 3 amide bonds. The molecule has 2 atom stereocenters. The lowest BCUT2D eigenvalue weighted by atomic mass is 9.72. The van der Waals surface area contributed by atoms with Crippen molar-refractivity contribution in [3.05, 3.63) is 35.9 Å². The Bertz CT molecular complexity index is 815. The van der Waals surface area contributed by atoms with Crippen LogP contribution < -0.4 is 5.32 Å². The molecule has 2 heterocycles. The normalized spacial score (nSPS) is 32.0. The van der Waals surface area contributed by atoms with Crippen molar-refractivity contribution in [1.29, 1.82) is 0 Å². The van der Waals surface area contributed by atoms with Gasteiger partial charge in [0.25, 0.3) is 0 Å². The highest BCUT2D eigenvalue weighted by Crippen LogP contribution is 2.45. The van der Waals surface area contributed by atoms with Gasteiger partial charge in [0.15, 0.2) is 0 Å². The Balaban J connectivity index is 1.48. The molecule has 6 nitrogen and oxygen atoms in total. The van der Waals surface area contributed by atoms with Crippen molar-refractivity contribution < 1.29 is 18.8 Å². The number of urea groups is 1. The van der Waals surface area contributed by atoms with Crippen molar-refractivity contribution in [2.75, 3.05) is 33.8 Å². The van der Waals surface area contributed by atoms with Crippen LogP contribution in [0.4, 0.5) is 4.79 Å². The van der Waals surface area contributed by atoms with Crippen LogP contribution in [0.2, 0.25) is 0 Å². The maximum Gasteiger partial charge on any atom is 0.317 e. The molecule has 2 aliphatic heterocycles. The van der Waals surface area contributed by atoms with Gasteiger partial charge in [-0.1, -0.05) is 30.3 Å². The van der Waals surface area contributed by atoms with Crippen LogP contribution in [-0.2, 0) is 9.53 Å². The van der Waals surface area contributed by atoms with E-state index in [9.17, 15) is 9.59 Å². The third-order valence-electron chi connectivity index (χ3n) is 8.77. The predicted octanol–water partition coefficient (Wildman–Crippen LogP) is 4.45. The summed E-state index contributed by atoms with van der Waals surface area (Å²) in [6, 6.07) is 10.7. The number of quaternary nitrogens is 1. The summed E-state index contributed by atoms with van der Waals surface area (Å²) in [5.74, 6) is 0.901. The van der Waals surface area contributed by atoms with Crippen LogP contribution in [-0.4, -0.2) is 72.8 Å². The summed E-state index contributed by atoms with van der Waals surface area (Å²) < 4.78 is 6.94. The molecule has 0 bridgehead atoms. The minimum absolute atomic E-state index is 0.0176. The van der Waals surface area contributed by atoms with E-state index < -0.39 is 0 Å². The molecule has 1 aromatic rings. The van der Waals surface area contributed by atoms with Crippen LogP contribution in [0.3, 0.4) is 0 Å². The van der Waals surface area contributed by atoms with E-state index in [2.05, 4.69) is 49.7 Å². The minimum atomic E-state index is -0.264. The zero-order valence-electron chi connectivity index (χ0n) is 20.7. The SMILES string of the molecule is CCNC(=O)N1CCCC2(CCCC(=O)[N+]2(C)C)C1COC1CCC(c2ccccc2)CC1. The molecule has 1 N–H and O–H groups in total. The van der Waals surface area contributed by atoms with Crippen LogP contribution in [0.15, 0.2) is 30.3 Å². The Morgan fingerprint density at radius 1 is 1.12 bits per heavy atom. The van der Waals surface area contributed by atoms with Crippen LogP contribution >= 0.6 is 0 Å². The van der Waals surface area contributed by atoms with E-state index in [1.54, 1.807) is 0 Å². The highest BCUT2D eigenvalue weighted by molar-refractivity contribution is 5.75. The molecule has 2 saturated heterocycles. The van der Waals surface area contributed by atoms with Gasteiger partial charge < -0.3 is 15.0 Å². The molecule has 0 radical (unpaired) electrons. The molecule has 1 saturated carbocycles. The van der Waals surface area contributed by atoms with Crippen molar-refractivity contribution in [3.63, 3.8) is 0 Å². The van der Waals surface area contributed by atoms with Gasteiger partial charge in [-0.25, -0.2) is 9.59 Å². The number of piperidine rings is 2. The topological polar surface area (TPSA) is 58.6 Å². The number of likely N-dealkylation sites (N-methyl/N-ethyl adjacent to an activating group) is 1. The number of nitrogens with one attached hydrogen (secondary N) is 1. The molecule has 0 aromatic heterocycles. The van der Waals surface area contributed by atoms with Gasteiger partial charge >= 0.3 is 11.9 Å². The first-order valence-electron chi connectivity index (χ1n) is 13.0. The fourth-order valence-corrected chi connectivity index (χ4v) is 6.72. The number of likely N-dealkylation sites (tertiary alicyclic amines) is 2. The quantitative estimate of drug-likeness (QED) is 0.666. The summed E-state index contributed by atoms with van der Waals surface area (Å²) >= 11 is 0. The summed E-state index contributed by atoms with van der Waals surface area (Å²) in [6.07, 6.45) is 9.03. The number of amides is 3. The van der Waals surface area contributed by atoms with Crippen LogP contribution in [0.1, 0.15) is 76.2 Å². The first kappa shape index (κ1) is 24.2. The average molecular weight is 457 g/mol. The molecular weight excluding hydrogens is 414 g/mol. The third kappa shape index (κ3) is 4.69. The second-order valence-electron chi connectivity index (χ2n) is 10.7. The summed E-state index contributed by atoms with van der Waals surface area (Å²) in [6.45, 7) is 3.82. The Morgan fingerprint density at radius 3 is 2.52 bits per heavy atom. The van der Waals surface area contributed by atoms with Crippen LogP contribution in [0.25, 0.3) is 0 Å². The van der Waals surface area contributed by atoms with E-state index in [-0.39, 0.29) is 29.6 Å². The molecule has 33 heavy (non-hydrogen) atoms. The van der Waals surface area contributed by atoms with Gasteiger partial charge in [-0.2, -0.15) is 0 Å². The molecule has 1 aromatic carbocycles. The van der Waals surface area contributed by atoms with Gasteiger partial charge in [0.05, 0.1) is 33.2 Å². The molecule has 3 aliphatic rings. The van der Waals surface area contributed by atoms with Crippen LogP contribution in [0.5, 0.6) is 0 Å². The van der Waals surface area contributed by atoms with Gasteiger partial charge in [0, 0.05) is 25.9 Å². The molecule has 1 spiro atoms. The van der Waals surface area contributed by atoms with Gasteiger partial charge in [-0.05, 0) is 56.9 Å². The van der Waals surface area contributed by atoms with E-state index in [0.717, 1.165) is 57.9 Å². The number of carbonyl (C=O) groups is 2. The lowest BCUT2D eigenvalue weighted by Crippen LogP contribution is -2.76.